The molecule has 0 saturated carbocycles. The second kappa shape index (κ2) is 5.27. The van der Waals surface area contributed by atoms with Gasteiger partial charge in [-0.2, -0.15) is 0 Å². The maximum Gasteiger partial charge on any atom is 0.142 e. The smallest absolute Gasteiger partial charge is 0.142 e. The van der Waals surface area contributed by atoms with Crippen molar-refractivity contribution in [3.63, 3.8) is 0 Å². The van der Waals surface area contributed by atoms with Gasteiger partial charge in [0.2, 0.25) is 0 Å². The third-order valence-corrected chi connectivity index (χ3v) is 3.84. The zero-order valence-electron chi connectivity index (χ0n) is 10.7. The Balaban J connectivity index is 2.09. The number of aliphatic hydroxyl groups excluding tert-OH is 1. The van der Waals surface area contributed by atoms with E-state index in [0.717, 1.165) is 22.0 Å². The molecule has 0 spiro atoms. The van der Waals surface area contributed by atoms with Crippen LogP contribution < -0.4 is 0 Å². The zero-order chi connectivity index (χ0) is 14.1. The number of hydrogen-bond donors (Lipinski definition) is 1. The zero-order valence-corrected chi connectivity index (χ0v) is 11.4. The molecule has 20 heavy (non-hydrogen) atoms. The van der Waals surface area contributed by atoms with Crippen LogP contribution in [0.25, 0.3) is 10.9 Å². The number of para-hydroxylation sites is 1. The molecule has 0 unspecified atom stereocenters. The average Bonchev–Trinajstić information content (AvgIpc) is 2.82. The Morgan fingerprint density at radius 2 is 1.85 bits per heavy atom. The van der Waals surface area contributed by atoms with Gasteiger partial charge in [0, 0.05) is 29.2 Å². The summed E-state index contributed by atoms with van der Waals surface area (Å²) in [6.45, 7) is 0.446. The molecule has 2 aromatic carbocycles. The van der Waals surface area contributed by atoms with Gasteiger partial charge in [-0.05, 0) is 17.7 Å². The van der Waals surface area contributed by atoms with Crippen molar-refractivity contribution in [3.8, 4) is 0 Å². The summed E-state index contributed by atoms with van der Waals surface area (Å²) in [7, 11) is 0. The van der Waals surface area contributed by atoms with Gasteiger partial charge in [0.25, 0.3) is 0 Å². The SMILES string of the molecule is OCc1cn(Cc2cccc(F)c2Cl)c2ccccc12. The largest absolute Gasteiger partial charge is 0.392 e. The molecule has 1 N–H and O–H groups in total. The van der Waals surface area contributed by atoms with Crippen LogP contribution in [-0.2, 0) is 13.2 Å². The molecule has 0 amide bonds. The molecule has 4 heteroatoms. The molecule has 1 heterocycles. The van der Waals surface area contributed by atoms with E-state index in [4.69, 9.17) is 11.6 Å². The number of halogens is 2. The molecule has 0 saturated heterocycles. The molecule has 0 fully saturated rings. The number of aliphatic hydroxyl groups is 1. The third-order valence-electron chi connectivity index (χ3n) is 3.41. The summed E-state index contributed by atoms with van der Waals surface area (Å²) in [5.74, 6) is -0.414. The lowest BCUT2D eigenvalue weighted by Crippen LogP contribution is -1.99. The molecule has 3 aromatic rings. The van der Waals surface area contributed by atoms with Crippen LogP contribution in [0.2, 0.25) is 5.02 Å². The van der Waals surface area contributed by atoms with Crippen molar-refractivity contribution < 1.29 is 9.50 Å². The lowest BCUT2D eigenvalue weighted by Gasteiger charge is -2.08. The van der Waals surface area contributed by atoms with E-state index in [0.29, 0.717) is 6.54 Å². The van der Waals surface area contributed by atoms with Gasteiger partial charge in [0.05, 0.1) is 11.6 Å². The van der Waals surface area contributed by atoms with Crippen molar-refractivity contribution in [2.45, 2.75) is 13.2 Å². The van der Waals surface area contributed by atoms with Crippen molar-refractivity contribution in [1.29, 1.82) is 0 Å². The second-order valence-corrected chi connectivity index (χ2v) is 5.05. The maximum absolute atomic E-state index is 13.5. The first-order valence-electron chi connectivity index (χ1n) is 6.31. The van der Waals surface area contributed by atoms with Crippen LogP contribution in [0.5, 0.6) is 0 Å². The molecule has 0 aliphatic heterocycles. The standard InChI is InChI=1S/C16H13ClFNO/c17-16-11(4-3-6-14(16)18)8-19-9-12(10-20)13-5-1-2-7-15(13)19/h1-7,9,20H,8,10H2. The maximum atomic E-state index is 13.5. The predicted molar refractivity (Wildman–Crippen MR) is 78.4 cm³/mol. The summed E-state index contributed by atoms with van der Waals surface area (Å²) in [6.07, 6.45) is 1.88. The van der Waals surface area contributed by atoms with E-state index in [-0.39, 0.29) is 11.6 Å². The molecule has 102 valence electrons. The van der Waals surface area contributed by atoms with Gasteiger partial charge in [-0.3, -0.25) is 0 Å². The van der Waals surface area contributed by atoms with Gasteiger partial charge in [-0.1, -0.05) is 41.9 Å². The molecule has 0 bridgehead atoms. The minimum Gasteiger partial charge on any atom is -0.392 e. The normalized spacial score (nSPS) is 11.2. The summed E-state index contributed by atoms with van der Waals surface area (Å²) < 4.78 is 15.5. The van der Waals surface area contributed by atoms with Crippen molar-refractivity contribution in [1.82, 2.24) is 4.57 Å². The van der Waals surface area contributed by atoms with Crippen LogP contribution in [0.3, 0.4) is 0 Å². The number of fused-ring (bicyclic) bond motifs is 1. The summed E-state index contributed by atoms with van der Waals surface area (Å²) in [6, 6.07) is 12.6. The van der Waals surface area contributed by atoms with Gasteiger partial charge < -0.3 is 9.67 Å². The first kappa shape index (κ1) is 13.2. The molecule has 0 atom stereocenters. The van der Waals surface area contributed by atoms with Crippen LogP contribution in [0.15, 0.2) is 48.7 Å². The summed E-state index contributed by atoms with van der Waals surface area (Å²) in [4.78, 5) is 0. The molecular weight excluding hydrogens is 277 g/mol. The van der Waals surface area contributed by atoms with Gasteiger partial charge in [-0.15, -0.1) is 0 Å². The van der Waals surface area contributed by atoms with E-state index < -0.39 is 5.82 Å². The number of aromatic nitrogens is 1. The minimum atomic E-state index is -0.414. The number of rotatable bonds is 3. The average molecular weight is 290 g/mol. The van der Waals surface area contributed by atoms with Crippen molar-refractivity contribution in [3.05, 3.63) is 70.6 Å². The highest BCUT2D eigenvalue weighted by atomic mass is 35.5. The molecular formula is C16H13ClFNO. The lowest BCUT2D eigenvalue weighted by molar-refractivity contribution is 0.283. The van der Waals surface area contributed by atoms with E-state index in [2.05, 4.69) is 0 Å². The Bertz CT molecular complexity index is 766. The Kier molecular flexibility index (Phi) is 3.47. The fourth-order valence-electron chi connectivity index (χ4n) is 2.43. The molecule has 0 radical (unpaired) electrons. The summed E-state index contributed by atoms with van der Waals surface area (Å²) in [5, 5.41) is 10.6. The van der Waals surface area contributed by atoms with Crippen LogP contribution in [0, 0.1) is 5.82 Å². The molecule has 2 nitrogen and oxygen atoms in total. The molecule has 0 aliphatic carbocycles. The van der Waals surface area contributed by atoms with E-state index >= 15 is 0 Å². The molecule has 3 rings (SSSR count). The van der Waals surface area contributed by atoms with E-state index in [1.807, 2.05) is 35.0 Å². The fourth-order valence-corrected chi connectivity index (χ4v) is 2.62. The minimum absolute atomic E-state index is 0.0234. The quantitative estimate of drug-likeness (QED) is 0.775. The van der Waals surface area contributed by atoms with Gasteiger partial charge in [-0.25, -0.2) is 4.39 Å². The fraction of sp³-hybridized carbons (Fsp3) is 0.125. The Morgan fingerprint density at radius 3 is 2.65 bits per heavy atom. The van der Waals surface area contributed by atoms with Gasteiger partial charge in [0.15, 0.2) is 0 Å². The Hall–Kier alpha value is -1.84. The molecule has 0 aliphatic rings. The van der Waals surface area contributed by atoms with E-state index in [1.165, 1.54) is 6.07 Å². The van der Waals surface area contributed by atoms with Gasteiger partial charge >= 0.3 is 0 Å². The van der Waals surface area contributed by atoms with Crippen LogP contribution in [0.4, 0.5) is 4.39 Å². The summed E-state index contributed by atoms with van der Waals surface area (Å²) in [5.41, 5.74) is 2.57. The molecule has 1 aromatic heterocycles. The van der Waals surface area contributed by atoms with Crippen molar-refractivity contribution in [2.24, 2.45) is 0 Å². The summed E-state index contributed by atoms with van der Waals surface area (Å²) >= 11 is 6.00. The highest BCUT2D eigenvalue weighted by Gasteiger charge is 2.10. The topological polar surface area (TPSA) is 25.2 Å². The van der Waals surface area contributed by atoms with E-state index in [9.17, 15) is 9.50 Å². The monoisotopic (exact) mass is 289 g/mol. The third kappa shape index (κ3) is 2.19. The van der Waals surface area contributed by atoms with Crippen LogP contribution in [0.1, 0.15) is 11.1 Å². The number of hydrogen-bond acceptors (Lipinski definition) is 1. The van der Waals surface area contributed by atoms with Gasteiger partial charge in [0.1, 0.15) is 5.82 Å². The van der Waals surface area contributed by atoms with Crippen LogP contribution in [-0.4, -0.2) is 9.67 Å². The highest BCUT2D eigenvalue weighted by molar-refractivity contribution is 6.31. The van der Waals surface area contributed by atoms with Crippen LogP contribution >= 0.6 is 11.6 Å². The first-order valence-corrected chi connectivity index (χ1v) is 6.69. The van der Waals surface area contributed by atoms with Crippen molar-refractivity contribution in [2.75, 3.05) is 0 Å². The first-order chi connectivity index (χ1) is 9.70. The number of benzene rings is 2. The number of nitrogens with zero attached hydrogens (tertiary/aromatic N) is 1. The Labute approximate surface area is 121 Å². The lowest BCUT2D eigenvalue weighted by atomic mass is 10.2. The van der Waals surface area contributed by atoms with Crippen molar-refractivity contribution >= 4 is 22.5 Å². The van der Waals surface area contributed by atoms with E-state index in [1.54, 1.807) is 12.1 Å². The predicted octanol–water partition coefficient (Wildman–Crippen LogP) is 3.97. The Morgan fingerprint density at radius 1 is 1.05 bits per heavy atom. The second-order valence-electron chi connectivity index (χ2n) is 4.67. The highest BCUT2D eigenvalue weighted by Crippen LogP contribution is 2.25.